The molecule has 1 amide bonds. The van der Waals surface area contributed by atoms with Crippen LogP contribution in [0.5, 0.6) is 17.2 Å². The second kappa shape index (κ2) is 10.5. The van der Waals surface area contributed by atoms with Crippen molar-refractivity contribution in [1.82, 2.24) is 20.0 Å². The molecule has 4 heterocycles. The lowest BCUT2D eigenvalue weighted by molar-refractivity contribution is 0.0642. The molecule has 0 saturated carbocycles. The number of benzene rings is 3. The third kappa shape index (κ3) is 5.29. The van der Waals surface area contributed by atoms with Gasteiger partial charge in [-0.15, -0.1) is 16.4 Å². The van der Waals surface area contributed by atoms with E-state index in [9.17, 15) is 9.18 Å². The van der Waals surface area contributed by atoms with Gasteiger partial charge in [-0.3, -0.25) is 4.79 Å². The number of aromatic nitrogens is 4. The molecular weight excluding hydrogens is 576 g/mol. The van der Waals surface area contributed by atoms with Gasteiger partial charge in [-0.25, -0.2) is 18.4 Å². The Bertz CT molecular complexity index is 1870. The molecule has 43 heavy (non-hydrogen) atoms. The molecule has 3 aromatic carbocycles. The molecule has 0 spiro atoms. The summed E-state index contributed by atoms with van der Waals surface area (Å²) in [6.07, 6.45) is 2.12. The summed E-state index contributed by atoms with van der Waals surface area (Å²) >= 11 is 1.33. The lowest BCUT2D eigenvalue weighted by Gasteiger charge is -2.37. The molecule has 218 valence electrons. The number of carbonyl (C=O) groups excluding carboxylic acids is 1. The molecule has 0 bridgehead atoms. The maximum atomic E-state index is 15.0. The normalized spacial score (nSPS) is 16.7. The molecule has 2 aliphatic heterocycles. The van der Waals surface area contributed by atoms with E-state index < -0.39 is 17.3 Å². The average molecular weight is 602 g/mol. The largest absolute Gasteiger partial charge is 0.487 e. The van der Waals surface area contributed by atoms with Gasteiger partial charge in [-0.2, -0.15) is 0 Å². The van der Waals surface area contributed by atoms with E-state index in [1.807, 2.05) is 32.0 Å². The summed E-state index contributed by atoms with van der Waals surface area (Å²) in [5, 5.41) is 13.6. The molecule has 0 aliphatic carbocycles. The van der Waals surface area contributed by atoms with E-state index in [1.54, 1.807) is 22.3 Å². The fraction of sp³-hybridized carbons (Fsp3) is 0.226. The number of ether oxygens (including phenoxy) is 3. The van der Waals surface area contributed by atoms with Gasteiger partial charge in [0.25, 0.3) is 5.91 Å². The van der Waals surface area contributed by atoms with Crippen LogP contribution in [-0.2, 0) is 0 Å². The van der Waals surface area contributed by atoms with Gasteiger partial charge >= 0.3 is 0 Å². The van der Waals surface area contributed by atoms with Gasteiger partial charge < -0.3 is 19.5 Å². The Morgan fingerprint density at radius 3 is 2.70 bits per heavy atom. The van der Waals surface area contributed by atoms with Crippen molar-refractivity contribution in [2.45, 2.75) is 31.9 Å². The first-order valence-corrected chi connectivity index (χ1v) is 14.5. The first kappa shape index (κ1) is 27.0. The predicted molar refractivity (Wildman–Crippen MR) is 156 cm³/mol. The van der Waals surface area contributed by atoms with Crippen molar-refractivity contribution in [3.63, 3.8) is 0 Å². The topological polar surface area (TPSA) is 100 Å². The molecule has 0 fully saturated rings. The SMILES string of the molecule is CC1(C)C[C@H](n2cc(-c3cc(NC(=O)c4csc(-c5ccc6c(c5)OCCO6)n4)ccc3F)nn2)c2cc(F)ccc2O1. The van der Waals surface area contributed by atoms with E-state index >= 15 is 4.39 Å². The van der Waals surface area contributed by atoms with E-state index in [-0.39, 0.29) is 28.8 Å². The zero-order valence-corrected chi connectivity index (χ0v) is 24.0. The van der Waals surface area contributed by atoms with Crippen molar-refractivity contribution in [1.29, 1.82) is 0 Å². The highest BCUT2D eigenvalue weighted by Crippen LogP contribution is 2.42. The molecule has 7 rings (SSSR count). The molecule has 5 aromatic rings. The van der Waals surface area contributed by atoms with Crippen LogP contribution in [-0.4, -0.2) is 44.7 Å². The number of anilines is 1. The van der Waals surface area contributed by atoms with Crippen molar-refractivity contribution in [2.24, 2.45) is 0 Å². The van der Waals surface area contributed by atoms with Crippen LogP contribution < -0.4 is 19.5 Å². The highest BCUT2D eigenvalue weighted by atomic mass is 32.1. The van der Waals surface area contributed by atoms with Crippen LogP contribution in [0.4, 0.5) is 14.5 Å². The molecule has 0 saturated heterocycles. The number of rotatable bonds is 5. The number of hydrogen-bond acceptors (Lipinski definition) is 8. The van der Waals surface area contributed by atoms with Crippen molar-refractivity contribution >= 4 is 22.9 Å². The van der Waals surface area contributed by atoms with Crippen LogP contribution in [0.2, 0.25) is 0 Å². The number of amides is 1. The van der Waals surface area contributed by atoms with E-state index in [1.165, 1.54) is 41.7 Å². The second-order valence-corrected chi connectivity index (χ2v) is 11.8. The Hall–Kier alpha value is -4.84. The number of halogens is 2. The maximum Gasteiger partial charge on any atom is 0.275 e. The smallest absolute Gasteiger partial charge is 0.275 e. The summed E-state index contributed by atoms with van der Waals surface area (Å²) in [7, 11) is 0. The molecule has 0 radical (unpaired) electrons. The zero-order chi connectivity index (χ0) is 29.7. The third-order valence-electron chi connectivity index (χ3n) is 7.26. The van der Waals surface area contributed by atoms with Gasteiger partial charge in [-0.05, 0) is 68.4 Å². The number of fused-ring (bicyclic) bond motifs is 2. The minimum absolute atomic E-state index is 0.157. The number of thiazole rings is 1. The summed E-state index contributed by atoms with van der Waals surface area (Å²) in [6.45, 7) is 4.86. The zero-order valence-electron chi connectivity index (χ0n) is 23.1. The predicted octanol–water partition coefficient (Wildman–Crippen LogP) is 6.52. The minimum Gasteiger partial charge on any atom is -0.487 e. The van der Waals surface area contributed by atoms with Crippen LogP contribution in [0.3, 0.4) is 0 Å². The molecule has 9 nitrogen and oxygen atoms in total. The highest BCUT2D eigenvalue weighted by molar-refractivity contribution is 7.13. The van der Waals surface area contributed by atoms with Gasteiger partial charge in [0.2, 0.25) is 0 Å². The van der Waals surface area contributed by atoms with Crippen molar-refractivity contribution in [3.05, 3.63) is 89.1 Å². The molecule has 2 aliphatic rings. The quantitative estimate of drug-likeness (QED) is 0.245. The monoisotopic (exact) mass is 601 g/mol. The molecule has 2 aromatic heterocycles. The summed E-state index contributed by atoms with van der Waals surface area (Å²) in [5.41, 5.74) is 1.92. The fourth-order valence-electron chi connectivity index (χ4n) is 5.26. The number of hydrogen-bond donors (Lipinski definition) is 1. The van der Waals surface area contributed by atoms with Crippen LogP contribution in [0.15, 0.2) is 66.2 Å². The Morgan fingerprint density at radius 1 is 1.02 bits per heavy atom. The van der Waals surface area contributed by atoms with Crippen LogP contribution in [0, 0.1) is 11.6 Å². The Kier molecular flexibility index (Phi) is 6.57. The third-order valence-corrected chi connectivity index (χ3v) is 8.15. The number of nitrogens with one attached hydrogen (secondary N) is 1. The fourth-order valence-corrected chi connectivity index (χ4v) is 6.05. The minimum atomic E-state index is -0.533. The van der Waals surface area contributed by atoms with Crippen molar-refractivity contribution < 1.29 is 27.8 Å². The standard InChI is InChI=1S/C31H25F2N5O4S/c1-31(2)14-25(21-12-18(32)4-8-26(21)42-31)38-15-23(36-37-38)20-13-19(5-6-22(20)33)34-29(39)24-16-43-30(35-24)17-3-7-27-28(11-17)41-10-9-40-27/h3-8,11-13,15-16,25H,9-10,14H2,1-2H3,(H,34,39)/t25-/m0/s1. The van der Waals surface area contributed by atoms with Gasteiger partial charge in [0.1, 0.15) is 52.6 Å². The summed E-state index contributed by atoms with van der Waals surface area (Å²) in [4.78, 5) is 17.5. The van der Waals surface area contributed by atoms with Crippen molar-refractivity contribution in [3.8, 4) is 39.1 Å². The lowest BCUT2D eigenvalue weighted by atomic mass is 9.89. The summed E-state index contributed by atoms with van der Waals surface area (Å²) in [6, 6.07) is 13.8. The molecule has 0 unspecified atom stereocenters. The number of nitrogens with zero attached hydrogens (tertiary/aromatic N) is 4. The Labute approximate surface area is 249 Å². The van der Waals surface area contributed by atoms with Crippen molar-refractivity contribution in [2.75, 3.05) is 18.5 Å². The van der Waals surface area contributed by atoms with E-state index in [2.05, 4.69) is 20.6 Å². The van der Waals surface area contributed by atoms with Crippen LogP contribution in [0.1, 0.15) is 42.4 Å². The Morgan fingerprint density at radius 2 is 1.84 bits per heavy atom. The van der Waals surface area contributed by atoms with Crippen LogP contribution >= 0.6 is 11.3 Å². The average Bonchev–Trinajstić information content (AvgIpc) is 3.69. The van der Waals surface area contributed by atoms with E-state index in [0.29, 0.717) is 53.1 Å². The first-order chi connectivity index (χ1) is 20.7. The maximum absolute atomic E-state index is 15.0. The van der Waals surface area contributed by atoms with Gasteiger partial charge in [-0.1, -0.05) is 5.21 Å². The van der Waals surface area contributed by atoms with Gasteiger partial charge in [0, 0.05) is 34.2 Å². The second-order valence-electron chi connectivity index (χ2n) is 10.9. The molecular formula is C31H25F2N5O4S. The highest BCUT2D eigenvalue weighted by Gasteiger charge is 2.36. The van der Waals surface area contributed by atoms with E-state index in [0.717, 1.165) is 5.56 Å². The molecule has 1 N–H and O–H groups in total. The van der Waals surface area contributed by atoms with Gasteiger partial charge in [0.05, 0.1) is 12.2 Å². The molecule has 12 heteroatoms. The number of carbonyl (C=O) groups is 1. The lowest BCUT2D eigenvalue weighted by Crippen LogP contribution is -2.37. The van der Waals surface area contributed by atoms with E-state index in [4.69, 9.17) is 14.2 Å². The molecule has 1 atom stereocenters. The summed E-state index contributed by atoms with van der Waals surface area (Å²) in [5.74, 6) is 0.516. The first-order valence-electron chi connectivity index (χ1n) is 13.6. The summed E-state index contributed by atoms with van der Waals surface area (Å²) < 4.78 is 48.0. The Balaban J connectivity index is 1.11. The van der Waals surface area contributed by atoms with Crippen LogP contribution in [0.25, 0.3) is 21.8 Å². The van der Waals surface area contributed by atoms with Gasteiger partial charge in [0.15, 0.2) is 11.5 Å².